The van der Waals surface area contributed by atoms with E-state index in [1.54, 1.807) is 22.3 Å². The van der Waals surface area contributed by atoms with Crippen molar-refractivity contribution in [1.29, 1.82) is 0 Å². The van der Waals surface area contributed by atoms with Crippen molar-refractivity contribution in [2.24, 2.45) is 11.3 Å². The monoisotopic (exact) mass is 347 g/mol. The van der Waals surface area contributed by atoms with Crippen LogP contribution in [-0.4, -0.2) is 25.7 Å². The zero-order valence-corrected chi connectivity index (χ0v) is 15.8. The van der Waals surface area contributed by atoms with Crippen LogP contribution in [0, 0.1) is 11.3 Å². The molecule has 0 bridgehead atoms. The van der Waals surface area contributed by atoms with Gasteiger partial charge in [0.25, 0.3) is 5.91 Å². The average Bonchev–Trinajstić information content (AvgIpc) is 3.14. The maximum absolute atomic E-state index is 12.6. The van der Waals surface area contributed by atoms with Crippen LogP contribution in [0.2, 0.25) is 0 Å². The molecule has 2 heterocycles. The molecule has 24 heavy (non-hydrogen) atoms. The van der Waals surface area contributed by atoms with Crippen LogP contribution in [0.3, 0.4) is 0 Å². The van der Waals surface area contributed by atoms with E-state index < -0.39 is 5.54 Å². The van der Waals surface area contributed by atoms with Gasteiger partial charge in [0.2, 0.25) is 0 Å². The summed E-state index contributed by atoms with van der Waals surface area (Å²) in [5.74, 6) is 0.534. The quantitative estimate of drug-likeness (QED) is 0.925. The van der Waals surface area contributed by atoms with Gasteiger partial charge in [-0.05, 0) is 44.4 Å². The van der Waals surface area contributed by atoms with Crippen molar-refractivity contribution < 1.29 is 4.79 Å². The standard InChI is InChI=1S/C17H25N5OS/c1-16(2,3)11-6-7-12-13(8-11)24-15(20-12)21-14(23)17(4,5)22-10-18-9-19-22/h9-11H,6-8H2,1-5H3,(H,20,21,23)/t11-/m1/s1. The minimum absolute atomic E-state index is 0.133. The number of anilines is 1. The molecule has 1 amide bonds. The summed E-state index contributed by atoms with van der Waals surface area (Å²) in [5, 5.41) is 7.73. The van der Waals surface area contributed by atoms with Crippen LogP contribution in [0.4, 0.5) is 5.13 Å². The summed E-state index contributed by atoms with van der Waals surface area (Å²) in [4.78, 5) is 22.5. The Morgan fingerprint density at radius 3 is 2.71 bits per heavy atom. The van der Waals surface area contributed by atoms with E-state index in [-0.39, 0.29) is 5.91 Å². The van der Waals surface area contributed by atoms with E-state index in [0.29, 0.717) is 16.5 Å². The largest absolute Gasteiger partial charge is 0.300 e. The highest BCUT2D eigenvalue weighted by atomic mass is 32.1. The first-order valence-electron chi connectivity index (χ1n) is 8.33. The number of amides is 1. The number of rotatable bonds is 3. The molecule has 0 aliphatic heterocycles. The Bertz CT molecular complexity index is 727. The highest BCUT2D eigenvalue weighted by Crippen LogP contribution is 2.40. The molecule has 0 saturated carbocycles. The van der Waals surface area contributed by atoms with Gasteiger partial charge in [0.1, 0.15) is 18.2 Å². The normalized spacial score (nSPS) is 18.3. The number of aromatic nitrogens is 4. The lowest BCUT2D eigenvalue weighted by molar-refractivity contribution is -0.123. The Balaban J connectivity index is 1.74. The smallest absolute Gasteiger partial charge is 0.253 e. The van der Waals surface area contributed by atoms with Crippen molar-refractivity contribution in [3.8, 4) is 0 Å². The third kappa shape index (κ3) is 3.22. The second-order valence-electron chi connectivity index (χ2n) is 8.05. The predicted molar refractivity (Wildman–Crippen MR) is 95.1 cm³/mol. The Kier molecular flexibility index (Phi) is 4.23. The first-order chi connectivity index (χ1) is 11.2. The first-order valence-corrected chi connectivity index (χ1v) is 9.14. The van der Waals surface area contributed by atoms with Crippen LogP contribution in [-0.2, 0) is 23.2 Å². The summed E-state index contributed by atoms with van der Waals surface area (Å²) >= 11 is 1.61. The fourth-order valence-corrected chi connectivity index (χ4v) is 4.10. The number of carbonyl (C=O) groups is 1. The summed E-state index contributed by atoms with van der Waals surface area (Å²) in [5.41, 5.74) is 0.644. The van der Waals surface area contributed by atoms with E-state index in [1.165, 1.54) is 11.2 Å². The number of aryl methyl sites for hydroxylation is 1. The number of nitrogens with one attached hydrogen (secondary N) is 1. The van der Waals surface area contributed by atoms with Crippen LogP contribution in [0.5, 0.6) is 0 Å². The van der Waals surface area contributed by atoms with E-state index in [4.69, 9.17) is 0 Å². The van der Waals surface area contributed by atoms with Crippen molar-refractivity contribution in [3.63, 3.8) is 0 Å². The molecule has 6 nitrogen and oxygen atoms in total. The number of hydrogen-bond acceptors (Lipinski definition) is 5. The van der Waals surface area contributed by atoms with Crippen LogP contribution in [0.1, 0.15) is 51.6 Å². The number of carbonyl (C=O) groups excluding carboxylic acids is 1. The summed E-state index contributed by atoms with van der Waals surface area (Å²) in [6.45, 7) is 10.5. The maximum atomic E-state index is 12.6. The van der Waals surface area contributed by atoms with Gasteiger partial charge in [-0.15, -0.1) is 11.3 Å². The van der Waals surface area contributed by atoms with Gasteiger partial charge >= 0.3 is 0 Å². The summed E-state index contributed by atoms with van der Waals surface area (Å²) in [6.07, 6.45) is 6.21. The van der Waals surface area contributed by atoms with Gasteiger partial charge in [0, 0.05) is 4.88 Å². The second-order valence-corrected chi connectivity index (χ2v) is 9.13. The second kappa shape index (κ2) is 5.95. The zero-order valence-electron chi connectivity index (χ0n) is 15.0. The lowest BCUT2D eigenvalue weighted by Gasteiger charge is -2.33. The first kappa shape index (κ1) is 17.1. The molecule has 7 heteroatoms. The third-order valence-electron chi connectivity index (χ3n) is 4.93. The number of thiazole rings is 1. The summed E-state index contributed by atoms with van der Waals surface area (Å²) in [6, 6.07) is 0. The third-order valence-corrected chi connectivity index (χ3v) is 5.97. The van der Waals surface area contributed by atoms with Crippen molar-refractivity contribution in [1.82, 2.24) is 19.7 Å². The molecular formula is C17H25N5OS. The highest BCUT2D eigenvalue weighted by molar-refractivity contribution is 7.15. The van der Waals surface area contributed by atoms with E-state index in [1.807, 2.05) is 13.8 Å². The van der Waals surface area contributed by atoms with Gasteiger partial charge in [-0.1, -0.05) is 20.8 Å². The molecule has 0 aromatic carbocycles. The number of nitrogens with zero attached hydrogens (tertiary/aromatic N) is 4. The van der Waals surface area contributed by atoms with Crippen molar-refractivity contribution in [2.45, 2.75) is 59.4 Å². The number of hydrogen-bond donors (Lipinski definition) is 1. The summed E-state index contributed by atoms with van der Waals surface area (Å²) < 4.78 is 1.56. The lowest BCUT2D eigenvalue weighted by Crippen LogP contribution is -2.40. The SMILES string of the molecule is CC(C)(C)[C@@H]1CCc2nc(NC(=O)C(C)(C)n3cncn3)sc2C1. The van der Waals surface area contributed by atoms with Gasteiger partial charge in [-0.2, -0.15) is 5.10 Å². The van der Waals surface area contributed by atoms with Crippen molar-refractivity contribution in [2.75, 3.05) is 5.32 Å². The van der Waals surface area contributed by atoms with E-state index in [0.717, 1.165) is 25.0 Å². The van der Waals surface area contributed by atoms with Gasteiger partial charge in [0.15, 0.2) is 5.13 Å². The summed E-state index contributed by atoms with van der Waals surface area (Å²) in [7, 11) is 0. The van der Waals surface area contributed by atoms with E-state index in [2.05, 4.69) is 41.2 Å². The molecule has 2 aromatic heterocycles. The molecule has 0 saturated heterocycles. The zero-order chi connectivity index (χ0) is 17.5. The van der Waals surface area contributed by atoms with Crippen LogP contribution in [0.25, 0.3) is 0 Å². The van der Waals surface area contributed by atoms with Crippen LogP contribution in [0.15, 0.2) is 12.7 Å². The number of fused-ring (bicyclic) bond motifs is 1. The molecule has 1 aliphatic rings. The molecule has 130 valence electrons. The minimum atomic E-state index is -0.809. The Morgan fingerprint density at radius 1 is 1.33 bits per heavy atom. The molecule has 0 radical (unpaired) electrons. The fraction of sp³-hybridized carbons (Fsp3) is 0.647. The molecule has 2 aromatic rings. The molecule has 1 N–H and O–H groups in total. The molecule has 3 rings (SSSR count). The highest BCUT2D eigenvalue weighted by Gasteiger charge is 2.33. The molecule has 0 spiro atoms. The lowest BCUT2D eigenvalue weighted by atomic mass is 9.73. The fourth-order valence-electron chi connectivity index (χ4n) is 3.02. The van der Waals surface area contributed by atoms with Gasteiger partial charge < -0.3 is 0 Å². The van der Waals surface area contributed by atoms with E-state index >= 15 is 0 Å². The predicted octanol–water partition coefficient (Wildman–Crippen LogP) is 3.26. The van der Waals surface area contributed by atoms with Gasteiger partial charge in [0.05, 0.1) is 5.69 Å². The Hall–Kier alpha value is -1.76. The van der Waals surface area contributed by atoms with Crippen LogP contribution < -0.4 is 5.32 Å². The molecular weight excluding hydrogens is 322 g/mol. The van der Waals surface area contributed by atoms with Crippen molar-refractivity contribution in [3.05, 3.63) is 23.2 Å². The topological polar surface area (TPSA) is 72.7 Å². The molecule has 0 fully saturated rings. The Morgan fingerprint density at radius 2 is 2.08 bits per heavy atom. The Labute approximate surface area is 146 Å². The van der Waals surface area contributed by atoms with E-state index in [9.17, 15) is 4.79 Å². The maximum Gasteiger partial charge on any atom is 0.253 e. The average molecular weight is 347 g/mol. The minimum Gasteiger partial charge on any atom is -0.300 e. The van der Waals surface area contributed by atoms with Gasteiger partial charge in [-0.3, -0.25) is 10.1 Å². The van der Waals surface area contributed by atoms with Crippen molar-refractivity contribution >= 4 is 22.4 Å². The van der Waals surface area contributed by atoms with Crippen LogP contribution >= 0.6 is 11.3 Å². The molecule has 1 aliphatic carbocycles. The van der Waals surface area contributed by atoms with Gasteiger partial charge in [-0.25, -0.2) is 14.6 Å². The molecule has 0 unspecified atom stereocenters. The molecule has 1 atom stereocenters.